The number of nitrogens with zero attached hydrogens (tertiary/aromatic N) is 1. The van der Waals surface area contributed by atoms with Crippen LogP contribution in [0.15, 0.2) is 24.5 Å². The van der Waals surface area contributed by atoms with Crippen LogP contribution in [0.2, 0.25) is 0 Å². The molecule has 1 saturated heterocycles. The Bertz CT molecular complexity index is 540. The van der Waals surface area contributed by atoms with Crippen LogP contribution in [-0.2, 0) is 14.9 Å². The quantitative estimate of drug-likeness (QED) is 0.729. The van der Waals surface area contributed by atoms with Gasteiger partial charge in [0.05, 0.1) is 30.8 Å². The second-order valence-electron chi connectivity index (χ2n) is 4.11. The third-order valence-corrected chi connectivity index (χ3v) is 3.02. The first-order valence-electron chi connectivity index (χ1n) is 5.23. The summed E-state index contributed by atoms with van der Waals surface area (Å²) in [6.07, 6.45) is 3.43. The van der Waals surface area contributed by atoms with E-state index in [9.17, 15) is 9.90 Å². The van der Waals surface area contributed by atoms with Crippen LogP contribution >= 0.6 is 0 Å². The lowest BCUT2D eigenvalue weighted by atomic mass is 9.85. The maximum absolute atomic E-state index is 11.3. The van der Waals surface area contributed by atoms with Crippen molar-refractivity contribution in [2.45, 2.75) is 5.41 Å². The molecule has 6 heteroatoms. The van der Waals surface area contributed by atoms with Gasteiger partial charge in [-0.15, -0.1) is 0 Å². The van der Waals surface area contributed by atoms with Crippen molar-refractivity contribution in [2.75, 3.05) is 13.2 Å². The van der Waals surface area contributed by atoms with Crippen molar-refractivity contribution in [2.24, 2.45) is 0 Å². The van der Waals surface area contributed by atoms with E-state index in [1.54, 1.807) is 12.4 Å². The zero-order chi connectivity index (χ0) is 11.9. The molecule has 0 bridgehead atoms. The van der Waals surface area contributed by atoms with Crippen molar-refractivity contribution in [3.8, 4) is 11.4 Å². The van der Waals surface area contributed by atoms with Gasteiger partial charge in [-0.05, 0) is 12.1 Å². The minimum Gasteiger partial charge on any atom is -0.480 e. The number of ether oxygens (including phenoxy) is 1. The summed E-state index contributed by atoms with van der Waals surface area (Å²) in [6, 6.07) is 3.76. The van der Waals surface area contributed by atoms with Crippen LogP contribution in [-0.4, -0.2) is 39.2 Å². The molecule has 17 heavy (non-hydrogen) atoms. The number of aliphatic carboxylic acids is 1. The second kappa shape index (κ2) is 3.46. The Morgan fingerprint density at radius 3 is 2.82 bits per heavy atom. The Balaban J connectivity index is 1.98. The molecule has 0 spiro atoms. The number of hydrogen-bond donors (Lipinski definition) is 3. The summed E-state index contributed by atoms with van der Waals surface area (Å²) in [7, 11) is 0. The van der Waals surface area contributed by atoms with Crippen molar-refractivity contribution in [3.63, 3.8) is 0 Å². The number of hydrogen-bond acceptors (Lipinski definition) is 3. The van der Waals surface area contributed by atoms with Gasteiger partial charge in [0, 0.05) is 6.20 Å². The number of imidazole rings is 1. The molecule has 3 rings (SSSR count). The van der Waals surface area contributed by atoms with Crippen molar-refractivity contribution >= 4 is 5.97 Å². The molecule has 3 N–H and O–H groups in total. The van der Waals surface area contributed by atoms with E-state index in [0.29, 0.717) is 5.82 Å². The monoisotopic (exact) mass is 233 g/mol. The average molecular weight is 233 g/mol. The number of carbonyl (C=O) groups is 1. The Labute approximate surface area is 96.6 Å². The van der Waals surface area contributed by atoms with E-state index in [0.717, 1.165) is 11.4 Å². The molecule has 0 amide bonds. The zero-order valence-electron chi connectivity index (χ0n) is 8.93. The van der Waals surface area contributed by atoms with Gasteiger partial charge in [0.1, 0.15) is 5.82 Å². The molecular formula is C11H11N3O3. The van der Waals surface area contributed by atoms with E-state index in [-0.39, 0.29) is 13.2 Å². The SMILES string of the molecule is O=C(O)C1(c2ncc(-c3ccc[nH]3)[nH]2)COC1. The van der Waals surface area contributed by atoms with Crippen LogP contribution < -0.4 is 0 Å². The van der Waals surface area contributed by atoms with Gasteiger partial charge in [0.15, 0.2) is 5.41 Å². The van der Waals surface area contributed by atoms with Gasteiger partial charge in [-0.25, -0.2) is 4.98 Å². The Hall–Kier alpha value is -2.08. The lowest BCUT2D eigenvalue weighted by Crippen LogP contribution is -2.53. The van der Waals surface area contributed by atoms with Crippen LogP contribution in [0.1, 0.15) is 5.82 Å². The number of aromatic nitrogens is 3. The largest absolute Gasteiger partial charge is 0.480 e. The normalized spacial score (nSPS) is 17.6. The molecule has 0 radical (unpaired) electrons. The van der Waals surface area contributed by atoms with Crippen LogP contribution in [0, 0.1) is 0 Å². The Kier molecular flexibility index (Phi) is 2.05. The lowest BCUT2D eigenvalue weighted by Gasteiger charge is -2.35. The van der Waals surface area contributed by atoms with Gasteiger partial charge in [-0.1, -0.05) is 0 Å². The number of carboxylic acids is 1. The summed E-state index contributed by atoms with van der Waals surface area (Å²) >= 11 is 0. The second-order valence-corrected chi connectivity index (χ2v) is 4.11. The van der Waals surface area contributed by atoms with Crippen LogP contribution in [0.25, 0.3) is 11.4 Å². The minimum absolute atomic E-state index is 0.167. The fourth-order valence-electron chi connectivity index (χ4n) is 1.87. The maximum Gasteiger partial charge on any atom is 0.322 e. The van der Waals surface area contributed by atoms with Gasteiger partial charge in [0.25, 0.3) is 0 Å². The van der Waals surface area contributed by atoms with Crippen molar-refractivity contribution < 1.29 is 14.6 Å². The number of rotatable bonds is 3. The van der Waals surface area contributed by atoms with E-state index in [1.165, 1.54) is 0 Å². The van der Waals surface area contributed by atoms with Gasteiger partial charge in [-0.2, -0.15) is 0 Å². The summed E-state index contributed by atoms with van der Waals surface area (Å²) < 4.78 is 5.01. The van der Waals surface area contributed by atoms with E-state index in [2.05, 4.69) is 15.0 Å². The molecule has 0 unspecified atom stereocenters. The Morgan fingerprint density at radius 1 is 1.47 bits per heavy atom. The minimum atomic E-state index is -1.01. The van der Waals surface area contributed by atoms with E-state index < -0.39 is 11.4 Å². The zero-order valence-corrected chi connectivity index (χ0v) is 8.93. The van der Waals surface area contributed by atoms with Gasteiger partial charge in [0.2, 0.25) is 0 Å². The summed E-state index contributed by atoms with van der Waals surface area (Å²) in [5.41, 5.74) is 0.646. The third kappa shape index (κ3) is 1.38. The topological polar surface area (TPSA) is 91.0 Å². The standard InChI is InChI=1S/C11H11N3O3/c15-10(16)11(5-17-6-11)9-13-4-8(14-9)7-2-1-3-12-7/h1-4,12H,5-6H2,(H,13,14)(H,15,16). The van der Waals surface area contributed by atoms with Crippen LogP contribution in [0.5, 0.6) is 0 Å². The number of carboxylic acid groups (broad SMARTS) is 1. The van der Waals surface area contributed by atoms with Crippen LogP contribution in [0.3, 0.4) is 0 Å². The predicted molar refractivity (Wildman–Crippen MR) is 58.5 cm³/mol. The van der Waals surface area contributed by atoms with Crippen LogP contribution in [0.4, 0.5) is 0 Å². The van der Waals surface area contributed by atoms with Gasteiger partial charge in [-0.3, -0.25) is 4.79 Å². The summed E-state index contributed by atoms with van der Waals surface area (Å²) in [4.78, 5) is 21.5. The lowest BCUT2D eigenvalue weighted by molar-refractivity contribution is -0.163. The van der Waals surface area contributed by atoms with E-state index in [4.69, 9.17) is 4.74 Å². The fraction of sp³-hybridized carbons (Fsp3) is 0.273. The summed E-state index contributed by atoms with van der Waals surface area (Å²) in [6.45, 7) is 0.333. The highest BCUT2D eigenvalue weighted by Crippen LogP contribution is 2.31. The van der Waals surface area contributed by atoms with E-state index in [1.807, 2.05) is 12.1 Å². The molecule has 1 aliphatic rings. The average Bonchev–Trinajstić information content (AvgIpc) is 2.83. The smallest absolute Gasteiger partial charge is 0.322 e. The number of nitrogens with one attached hydrogen (secondary N) is 2. The highest BCUT2D eigenvalue weighted by molar-refractivity contribution is 5.82. The Morgan fingerprint density at radius 2 is 2.29 bits per heavy atom. The molecule has 6 nitrogen and oxygen atoms in total. The predicted octanol–water partition coefficient (Wildman–Crippen LogP) is 0.757. The summed E-state index contributed by atoms with van der Waals surface area (Å²) in [5.74, 6) is -0.461. The molecule has 1 fully saturated rings. The molecule has 2 aromatic rings. The number of aromatic amines is 2. The fourth-order valence-corrected chi connectivity index (χ4v) is 1.87. The molecule has 3 heterocycles. The molecule has 0 aliphatic carbocycles. The van der Waals surface area contributed by atoms with Gasteiger partial charge >= 0.3 is 5.97 Å². The highest BCUT2D eigenvalue weighted by Gasteiger charge is 2.50. The maximum atomic E-state index is 11.3. The van der Waals surface area contributed by atoms with Crippen molar-refractivity contribution in [1.29, 1.82) is 0 Å². The molecule has 0 atom stereocenters. The third-order valence-electron chi connectivity index (χ3n) is 3.02. The first kappa shape index (κ1) is 10.1. The van der Waals surface area contributed by atoms with Crippen molar-refractivity contribution in [1.82, 2.24) is 15.0 Å². The molecule has 1 aliphatic heterocycles. The first-order chi connectivity index (χ1) is 8.22. The molecule has 0 saturated carbocycles. The molecule has 88 valence electrons. The van der Waals surface area contributed by atoms with Crippen molar-refractivity contribution in [3.05, 3.63) is 30.4 Å². The molecule has 0 aromatic carbocycles. The molecular weight excluding hydrogens is 222 g/mol. The highest BCUT2D eigenvalue weighted by atomic mass is 16.5. The van der Waals surface area contributed by atoms with Gasteiger partial charge < -0.3 is 19.8 Å². The van der Waals surface area contributed by atoms with E-state index >= 15 is 0 Å². The number of H-pyrrole nitrogens is 2. The summed E-state index contributed by atoms with van der Waals surface area (Å²) in [5, 5.41) is 9.23. The first-order valence-corrected chi connectivity index (χ1v) is 5.23. The molecule has 2 aromatic heterocycles.